The Bertz CT molecular complexity index is 287. The summed E-state index contributed by atoms with van der Waals surface area (Å²) in [5.74, 6) is 2.18. The summed E-state index contributed by atoms with van der Waals surface area (Å²) in [7, 11) is 0. The first-order valence-electron chi connectivity index (χ1n) is 14.4. The molecule has 3 aliphatic rings. The maximum absolute atomic E-state index is 1.56. The van der Waals surface area contributed by atoms with E-state index in [1.165, 1.54) is 135 Å². The zero-order valence-corrected chi connectivity index (χ0v) is 20.2. The molecule has 3 fully saturated rings. The highest BCUT2D eigenvalue weighted by molar-refractivity contribution is 4.73. The van der Waals surface area contributed by atoms with Crippen LogP contribution < -0.4 is 0 Å². The molecule has 0 saturated heterocycles. The molecule has 0 heterocycles. The maximum atomic E-state index is 1.56. The lowest BCUT2D eigenvalue weighted by atomic mass is 9.78. The zero-order valence-electron chi connectivity index (χ0n) is 20.2. The van der Waals surface area contributed by atoms with Gasteiger partial charge in [-0.05, 0) is 11.8 Å². The van der Waals surface area contributed by atoms with Gasteiger partial charge in [0.25, 0.3) is 0 Å². The van der Waals surface area contributed by atoms with Crippen LogP contribution in [0.4, 0.5) is 0 Å². The molecule has 0 atom stereocenters. The Morgan fingerprint density at radius 3 is 0.552 bits per heavy atom. The largest absolute Gasteiger partial charge is 0.0533 e. The number of hydrogen-bond donors (Lipinski definition) is 0. The fraction of sp³-hybridized carbons (Fsp3) is 1.00. The minimum atomic E-state index is 1.09. The molecule has 0 nitrogen and oxygen atoms in total. The molecule has 2 bridgehead atoms. The predicted molar refractivity (Wildman–Crippen MR) is 132 cm³/mol. The van der Waals surface area contributed by atoms with E-state index in [1.54, 1.807) is 38.5 Å². The molecule has 0 radical (unpaired) electrons. The van der Waals surface area contributed by atoms with E-state index in [9.17, 15) is 0 Å². The number of hydrogen-bond acceptors (Lipinski definition) is 0. The highest BCUT2D eigenvalue weighted by Crippen LogP contribution is 2.34. The zero-order chi connectivity index (χ0) is 20.2. The fourth-order valence-corrected chi connectivity index (χ4v) is 6.03. The molecule has 29 heavy (non-hydrogen) atoms. The van der Waals surface area contributed by atoms with Crippen molar-refractivity contribution in [1.29, 1.82) is 0 Å². The fourth-order valence-electron chi connectivity index (χ4n) is 6.03. The molecule has 0 heteroatoms. The van der Waals surface area contributed by atoms with Crippen molar-refractivity contribution in [3.8, 4) is 0 Å². The van der Waals surface area contributed by atoms with Crippen LogP contribution >= 0.6 is 0 Å². The lowest BCUT2D eigenvalue weighted by Crippen LogP contribution is -2.14. The van der Waals surface area contributed by atoms with Crippen molar-refractivity contribution in [3.63, 3.8) is 0 Å². The normalized spacial score (nSPS) is 29.8. The van der Waals surface area contributed by atoms with Crippen molar-refractivity contribution < 1.29 is 0 Å². The predicted octanol–water partition coefficient (Wildman–Crippen LogP) is 10.8. The van der Waals surface area contributed by atoms with Gasteiger partial charge >= 0.3 is 0 Å². The van der Waals surface area contributed by atoms with Crippen LogP contribution in [0, 0.1) is 11.8 Å². The molecule has 0 amide bonds. The van der Waals surface area contributed by atoms with Gasteiger partial charge < -0.3 is 0 Å². The summed E-state index contributed by atoms with van der Waals surface area (Å²) >= 11 is 0. The minimum absolute atomic E-state index is 1.09. The number of rotatable bonds is 0. The second-order valence-corrected chi connectivity index (χ2v) is 10.9. The molecule has 0 aliphatic heterocycles. The Kier molecular flexibility index (Phi) is 16.3. The van der Waals surface area contributed by atoms with Gasteiger partial charge in [-0.25, -0.2) is 0 Å². The maximum Gasteiger partial charge on any atom is -0.0414 e. The van der Waals surface area contributed by atoms with Crippen molar-refractivity contribution in [3.05, 3.63) is 0 Å². The van der Waals surface area contributed by atoms with E-state index in [2.05, 4.69) is 0 Å². The van der Waals surface area contributed by atoms with Gasteiger partial charge in [0.05, 0.1) is 0 Å². The molecule has 0 unspecified atom stereocenters. The first-order chi connectivity index (χ1) is 14.4. The van der Waals surface area contributed by atoms with Crippen molar-refractivity contribution in [2.75, 3.05) is 0 Å². The van der Waals surface area contributed by atoms with Crippen molar-refractivity contribution in [2.24, 2.45) is 11.8 Å². The van der Waals surface area contributed by atoms with Crippen LogP contribution in [0.3, 0.4) is 0 Å². The molecule has 3 rings (SSSR count). The highest BCUT2D eigenvalue weighted by Gasteiger charge is 2.20. The van der Waals surface area contributed by atoms with Gasteiger partial charge in [-0.1, -0.05) is 173 Å². The standard InChI is InChI=1S/C29H56/c1-2-4-6-8-10-12-14-16-18-20-22-28-24-26-29(27-25-28)23-21-19-17-15-13-11-9-7-5-3-1/h28-29H,1-27H2. The molecular formula is C29H56. The first kappa shape index (κ1) is 25.3. The third kappa shape index (κ3) is 14.6. The summed E-state index contributed by atoms with van der Waals surface area (Å²) in [5, 5.41) is 0. The molecule has 0 aromatic carbocycles. The van der Waals surface area contributed by atoms with Crippen LogP contribution in [0.5, 0.6) is 0 Å². The summed E-state index contributed by atoms with van der Waals surface area (Å²) in [6, 6.07) is 0. The summed E-state index contributed by atoms with van der Waals surface area (Å²) in [4.78, 5) is 0. The van der Waals surface area contributed by atoms with Gasteiger partial charge in [-0.2, -0.15) is 0 Å². The Morgan fingerprint density at radius 2 is 0.345 bits per heavy atom. The molecule has 3 aliphatic carbocycles. The third-order valence-electron chi connectivity index (χ3n) is 8.19. The van der Waals surface area contributed by atoms with E-state index in [4.69, 9.17) is 0 Å². The minimum Gasteiger partial charge on any atom is -0.0533 e. The third-order valence-corrected chi connectivity index (χ3v) is 8.19. The monoisotopic (exact) mass is 404 g/mol. The van der Waals surface area contributed by atoms with Crippen LogP contribution in [-0.4, -0.2) is 0 Å². The topological polar surface area (TPSA) is 0 Å². The summed E-state index contributed by atoms with van der Waals surface area (Å²) in [6.45, 7) is 0. The second kappa shape index (κ2) is 18.7. The van der Waals surface area contributed by atoms with Crippen LogP contribution in [-0.2, 0) is 0 Å². The van der Waals surface area contributed by atoms with Crippen LogP contribution in [0.2, 0.25) is 0 Å². The summed E-state index contributed by atoms with van der Waals surface area (Å²) in [6.07, 6.45) is 41.0. The Balaban J connectivity index is 1.54. The Hall–Kier alpha value is 0. The van der Waals surface area contributed by atoms with E-state index in [-0.39, 0.29) is 0 Å². The molecule has 3 saturated carbocycles. The summed E-state index contributed by atoms with van der Waals surface area (Å²) in [5.41, 5.74) is 0. The van der Waals surface area contributed by atoms with Crippen molar-refractivity contribution in [1.82, 2.24) is 0 Å². The quantitative estimate of drug-likeness (QED) is 0.376. The van der Waals surface area contributed by atoms with E-state index in [0.717, 1.165) is 11.8 Å². The summed E-state index contributed by atoms with van der Waals surface area (Å²) < 4.78 is 0. The smallest absolute Gasteiger partial charge is 0.0414 e. The lowest BCUT2D eigenvalue weighted by Gasteiger charge is -2.28. The molecule has 172 valence electrons. The lowest BCUT2D eigenvalue weighted by molar-refractivity contribution is 0.244. The highest BCUT2D eigenvalue weighted by atomic mass is 14.3. The number of fused-ring (bicyclic) bond motifs is 24. The van der Waals surface area contributed by atoms with Gasteiger partial charge in [0.15, 0.2) is 0 Å². The second-order valence-electron chi connectivity index (χ2n) is 10.9. The van der Waals surface area contributed by atoms with Crippen LogP contribution in [0.25, 0.3) is 0 Å². The average molecular weight is 405 g/mol. The first-order valence-corrected chi connectivity index (χ1v) is 14.4. The van der Waals surface area contributed by atoms with E-state index in [0.29, 0.717) is 0 Å². The Morgan fingerprint density at radius 1 is 0.172 bits per heavy atom. The van der Waals surface area contributed by atoms with Crippen molar-refractivity contribution in [2.45, 2.75) is 173 Å². The van der Waals surface area contributed by atoms with E-state index in [1.807, 2.05) is 0 Å². The molecular weight excluding hydrogens is 348 g/mol. The molecule has 0 spiro atoms. The average Bonchev–Trinajstić information content (AvgIpc) is 2.74. The van der Waals surface area contributed by atoms with Gasteiger partial charge in [-0.3, -0.25) is 0 Å². The molecule has 0 aromatic heterocycles. The van der Waals surface area contributed by atoms with Gasteiger partial charge in [0.2, 0.25) is 0 Å². The van der Waals surface area contributed by atoms with E-state index < -0.39 is 0 Å². The van der Waals surface area contributed by atoms with Crippen LogP contribution in [0.1, 0.15) is 173 Å². The van der Waals surface area contributed by atoms with E-state index >= 15 is 0 Å². The molecule has 0 aromatic rings. The van der Waals surface area contributed by atoms with Gasteiger partial charge in [0, 0.05) is 0 Å². The Labute approximate surface area is 185 Å². The van der Waals surface area contributed by atoms with Gasteiger partial charge in [0.1, 0.15) is 0 Å². The SMILES string of the molecule is C1CCCCCCCCCCCC2CCC(CCCCCCCCCCC1)CC2. The van der Waals surface area contributed by atoms with Crippen molar-refractivity contribution >= 4 is 0 Å². The molecule has 0 N–H and O–H groups in total. The van der Waals surface area contributed by atoms with Crippen LogP contribution in [0.15, 0.2) is 0 Å². The van der Waals surface area contributed by atoms with Gasteiger partial charge in [-0.15, -0.1) is 0 Å².